The van der Waals surface area contributed by atoms with Gasteiger partial charge < -0.3 is 0 Å². The van der Waals surface area contributed by atoms with E-state index in [9.17, 15) is 28.8 Å². The van der Waals surface area contributed by atoms with Crippen LogP contribution in [0.1, 0.15) is 54.3 Å². The number of amides is 4. The van der Waals surface area contributed by atoms with Crippen LogP contribution in [0.2, 0.25) is 0 Å². The number of allylic oxidation sites excluding steroid dienone is 4. The van der Waals surface area contributed by atoms with Crippen molar-refractivity contribution in [1.29, 1.82) is 0 Å². The number of imide groups is 2. The molecule has 2 aliphatic heterocycles. The smallest absolute Gasteiger partial charge is 0.266 e. The van der Waals surface area contributed by atoms with Gasteiger partial charge in [0.2, 0.25) is 11.6 Å². The summed E-state index contributed by atoms with van der Waals surface area (Å²) < 4.78 is 0. The monoisotopic (exact) mass is 450 g/mol. The maximum absolute atomic E-state index is 13.7. The Kier molecular flexibility index (Phi) is 4.04. The van der Waals surface area contributed by atoms with E-state index in [1.807, 2.05) is 0 Å². The summed E-state index contributed by atoms with van der Waals surface area (Å²) in [6.45, 7) is 0. The molecular formula is C26H14N2O6. The molecule has 0 N–H and O–H groups in total. The van der Waals surface area contributed by atoms with Gasteiger partial charge in [0.05, 0.1) is 22.3 Å². The number of ketones is 2. The first-order valence-electron chi connectivity index (χ1n) is 10.6. The van der Waals surface area contributed by atoms with Crippen LogP contribution in [0.25, 0.3) is 0 Å². The Balaban J connectivity index is 1.63. The molecule has 2 aliphatic carbocycles. The van der Waals surface area contributed by atoms with Crippen molar-refractivity contribution in [2.24, 2.45) is 0 Å². The Morgan fingerprint density at radius 2 is 0.765 bits per heavy atom. The summed E-state index contributed by atoms with van der Waals surface area (Å²) in [4.78, 5) is 81.6. The van der Waals surface area contributed by atoms with Crippen LogP contribution in [0.4, 0.5) is 0 Å². The highest BCUT2D eigenvalue weighted by atomic mass is 16.2. The topological polar surface area (TPSA) is 109 Å². The molecule has 4 aliphatic rings. The minimum Gasteiger partial charge on any atom is -0.287 e. The van der Waals surface area contributed by atoms with E-state index in [1.54, 1.807) is 36.4 Å². The van der Waals surface area contributed by atoms with Gasteiger partial charge in [-0.05, 0) is 37.1 Å². The van der Waals surface area contributed by atoms with Crippen molar-refractivity contribution in [2.45, 2.75) is 12.8 Å². The number of nitrogens with zero attached hydrogens (tertiary/aromatic N) is 2. The molecule has 0 spiro atoms. The van der Waals surface area contributed by atoms with Gasteiger partial charge in [-0.2, -0.15) is 0 Å². The summed E-state index contributed by atoms with van der Waals surface area (Å²) in [5, 5.41) is 0. The van der Waals surface area contributed by atoms with Crippen LogP contribution in [-0.2, 0) is 9.59 Å². The fourth-order valence-electron chi connectivity index (χ4n) is 4.78. The van der Waals surface area contributed by atoms with Crippen molar-refractivity contribution in [2.75, 3.05) is 0 Å². The first-order valence-corrected chi connectivity index (χ1v) is 10.6. The lowest BCUT2D eigenvalue weighted by Crippen LogP contribution is -2.45. The third kappa shape index (κ3) is 2.42. The van der Waals surface area contributed by atoms with Crippen molar-refractivity contribution in [3.8, 4) is 0 Å². The quantitative estimate of drug-likeness (QED) is 0.651. The molecule has 8 heteroatoms. The lowest BCUT2D eigenvalue weighted by molar-refractivity contribution is -0.118. The molecule has 8 nitrogen and oxygen atoms in total. The van der Waals surface area contributed by atoms with Gasteiger partial charge in [0.15, 0.2) is 0 Å². The van der Waals surface area contributed by atoms with Gasteiger partial charge in [-0.25, -0.2) is 9.80 Å². The molecule has 164 valence electrons. The molecule has 0 aromatic heterocycles. The van der Waals surface area contributed by atoms with Gasteiger partial charge in [0, 0.05) is 11.1 Å². The highest BCUT2D eigenvalue weighted by Gasteiger charge is 2.51. The normalized spacial score (nSPS) is 19.4. The van der Waals surface area contributed by atoms with E-state index in [2.05, 4.69) is 0 Å². The molecule has 2 heterocycles. The van der Waals surface area contributed by atoms with Crippen molar-refractivity contribution in [1.82, 2.24) is 9.80 Å². The predicted octanol–water partition coefficient (Wildman–Crippen LogP) is 2.59. The summed E-state index contributed by atoms with van der Waals surface area (Å²) in [5.74, 6) is -4.70. The molecule has 0 saturated heterocycles. The molecule has 0 bridgehead atoms. The van der Waals surface area contributed by atoms with Crippen LogP contribution in [0.15, 0.2) is 83.2 Å². The molecule has 0 saturated carbocycles. The van der Waals surface area contributed by atoms with Gasteiger partial charge in [-0.3, -0.25) is 28.8 Å². The van der Waals surface area contributed by atoms with Crippen LogP contribution in [-0.4, -0.2) is 45.0 Å². The number of hydrogen-bond donors (Lipinski definition) is 0. The van der Waals surface area contributed by atoms with E-state index in [-0.39, 0.29) is 33.4 Å². The first kappa shape index (κ1) is 19.9. The highest BCUT2D eigenvalue weighted by Crippen LogP contribution is 2.40. The zero-order valence-electron chi connectivity index (χ0n) is 17.5. The average molecular weight is 450 g/mol. The maximum atomic E-state index is 13.7. The van der Waals surface area contributed by atoms with Crippen molar-refractivity contribution < 1.29 is 28.8 Å². The number of benzene rings is 2. The van der Waals surface area contributed by atoms with E-state index in [0.29, 0.717) is 22.6 Å². The summed E-state index contributed by atoms with van der Waals surface area (Å²) in [7, 11) is 0. The molecule has 0 fully saturated rings. The molecule has 4 amide bonds. The van der Waals surface area contributed by atoms with Crippen LogP contribution in [0.3, 0.4) is 0 Å². The Morgan fingerprint density at radius 1 is 0.471 bits per heavy atom. The Labute approximate surface area is 192 Å². The van der Waals surface area contributed by atoms with Crippen molar-refractivity contribution in [3.63, 3.8) is 0 Å². The predicted molar refractivity (Wildman–Crippen MR) is 116 cm³/mol. The third-order valence-corrected chi connectivity index (χ3v) is 6.33. The van der Waals surface area contributed by atoms with Crippen molar-refractivity contribution >= 4 is 35.2 Å². The lowest BCUT2D eigenvalue weighted by atomic mass is 9.83. The molecular weight excluding hydrogens is 436 g/mol. The number of fused-ring (bicyclic) bond motifs is 3. The Morgan fingerprint density at radius 3 is 1.06 bits per heavy atom. The minimum absolute atomic E-state index is 0.0585. The summed E-state index contributed by atoms with van der Waals surface area (Å²) in [6.07, 6.45) is 4.14. The van der Waals surface area contributed by atoms with Gasteiger partial charge in [-0.15, -0.1) is 0 Å². The van der Waals surface area contributed by atoms with Crippen LogP contribution >= 0.6 is 0 Å². The van der Waals surface area contributed by atoms with E-state index >= 15 is 0 Å². The zero-order chi connectivity index (χ0) is 23.7. The molecule has 2 aromatic carbocycles. The fraction of sp³-hybridized carbons (Fsp3) is 0.0769. The van der Waals surface area contributed by atoms with Crippen LogP contribution < -0.4 is 0 Å². The molecule has 6 rings (SSSR count). The Hall–Kier alpha value is -4.72. The highest BCUT2D eigenvalue weighted by molar-refractivity contribution is 6.37. The lowest BCUT2D eigenvalue weighted by Gasteiger charge is -2.31. The van der Waals surface area contributed by atoms with Gasteiger partial charge in [0.25, 0.3) is 23.6 Å². The summed E-state index contributed by atoms with van der Waals surface area (Å²) in [6, 6.07) is 12.1. The number of carbonyl (C=O) groups excluding carboxylic acids is 6. The molecule has 0 radical (unpaired) electrons. The summed E-state index contributed by atoms with van der Waals surface area (Å²) in [5.41, 5.74) is -0.748. The SMILES string of the molecule is O=C1C2=CCCC=C2C(=O)C(N2C(=O)c3ccccc3C2=O)=C1N1C(=O)c2ccccc2C1=O. The third-order valence-electron chi connectivity index (χ3n) is 6.33. The van der Waals surface area contributed by atoms with Gasteiger partial charge in [0.1, 0.15) is 11.4 Å². The molecule has 2 aromatic rings. The molecule has 34 heavy (non-hydrogen) atoms. The number of carbonyl (C=O) groups is 6. The second kappa shape index (κ2) is 6.89. The number of rotatable bonds is 2. The minimum atomic E-state index is -0.797. The van der Waals surface area contributed by atoms with Crippen LogP contribution in [0, 0.1) is 0 Å². The number of hydrogen-bond acceptors (Lipinski definition) is 6. The van der Waals surface area contributed by atoms with Crippen LogP contribution in [0.5, 0.6) is 0 Å². The maximum Gasteiger partial charge on any atom is 0.266 e. The van der Waals surface area contributed by atoms with E-state index in [0.717, 1.165) is 0 Å². The van der Waals surface area contributed by atoms with Gasteiger partial charge >= 0.3 is 0 Å². The average Bonchev–Trinajstić information content (AvgIpc) is 3.26. The van der Waals surface area contributed by atoms with E-state index in [1.165, 1.54) is 24.3 Å². The second-order valence-corrected chi connectivity index (χ2v) is 8.15. The standard InChI is InChI=1S/C26H14N2O6/c29-21-13-7-1-2-8-14(13)22(30)20(28-25(33)17-11-5-6-12-18(17)26(28)34)19(21)27-23(31)15-9-3-4-10-16(15)24(27)32/h3-12H,1-2H2. The fourth-order valence-corrected chi connectivity index (χ4v) is 4.78. The largest absolute Gasteiger partial charge is 0.287 e. The number of Topliss-reactive ketones (excluding diaryl/α,β-unsaturated/α-hetero) is 2. The first-order chi connectivity index (χ1) is 16.4. The van der Waals surface area contributed by atoms with Crippen molar-refractivity contribution in [3.05, 3.63) is 105 Å². The molecule has 0 unspecified atom stereocenters. The van der Waals surface area contributed by atoms with E-state index < -0.39 is 46.6 Å². The zero-order valence-corrected chi connectivity index (χ0v) is 17.5. The second-order valence-electron chi connectivity index (χ2n) is 8.15. The van der Waals surface area contributed by atoms with Gasteiger partial charge in [-0.1, -0.05) is 36.4 Å². The van der Waals surface area contributed by atoms with E-state index in [4.69, 9.17) is 0 Å². The molecule has 0 atom stereocenters. The summed E-state index contributed by atoms with van der Waals surface area (Å²) >= 11 is 0. The Bertz CT molecular complexity index is 1340.